The number of fused-ring (bicyclic) bond motifs is 1. The van der Waals surface area contributed by atoms with Crippen molar-refractivity contribution in [2.24, 2.45) is 7.05 Å². The summed E-state index contributed by atoms with van der Waals surface area (Å²) in [5.41, 5.74) is 3.14. The molecule has 1 N–H and O–H groups in total. The van der Waals surface area contributed by atoms with Gasteiger partial charge in [-0.2, -0.15) is 10.2 Å². The number of nitrogens with one attached hydrogen (secondary N) is 1. The molecule has 31 heavy (non-hydrogen) atoms. The van der Waals surface area contributed by atoms with Crippen LogP contribution in [0.1, 0.15) is 12.5 Å². The first-order chi connectivity index (χ1) is 15.0. The predicted octanol–water partition coefficient (Wildman–Crippen LogP) is 4.87. The van der Waals surface area contributed by atoms with Gasteiger partial charge >= 0.3 is 6.09 Å². The van der Waals surface area contributed by atoms with E-state index < -0.39 is 6.09 Å². The van der Waals surface area contributed by atoms with Gasteiger partial charge in [0.1, 0.15) is 18.2 Å². The third-order valence-electron chi connectivity index (χ3n) is 4.86. The zero-order valence-corrected chi connectivity index (χ0v) is 18.2. The molecule has 0 aliphatic rings. The Kier molecular flexibility index (Phi) is 5.81. The fourth-order valence-corrected chi connectivity index (χ4v) is 3.41. The van der Waals surface area contributed by atoms with Crippen molar-refractivity contribution in [3.8, 4) is 17.0 Å². The molecule has 0 saturated carbocycles. The third kappa shape index (κ3) is 4.49. The lowest BCUT2D eigenvalue weighted by Crippen LogP contribution is -2.15. The number of rotatable bonds is 6. The zero-order chi connectivity index (χ0) is 22.0. The monoisotopic (exact) mass is 439 g/mol. The minimum Gasteiger partial charge on any atom is -0.496 e. The van der Waals surface area contributed by atoms with Gasteiger partial charge < -0.3 is 9.47 Å². The predicted molar refractivity (Wildman–Crippen MR) is 119 cm³/mol. The molecule has 2 heterocycles. The number of aryl methyl sites for hydroxylation is 2. The lowest BCUT2D eigenvalue weighted by atomic mass is 10.1. The van der Waals surface area contributed by atoms with Crippen LogP contribution in [-0.2, 0) is 24.9 Å². The van der Waals surface area contributed by atoms with E-state index in [0.29, 0.717) is 22.3 Å². The van der Waals surface area contributed by atoms with Gasteiger partial charge in [0.25, 0.3) is 0 Å². The van der Waals surface area contributed by atoms with Gasteiger partial charge in [0.05, 0.1) is 18.3 Å². The number of aromatic nitrogens is 4. The summed E-state index contributed by atoms with van der Waals surface area (Å²) in [6, 6.07) is 12.9. The lowest BCUT2D eigenvalue weighted by molar-refractivity contribution is 0.155. The Labute approximate surface area is 184 Å². The number of benzene rings is 2. The maximum absolute atomic E-state index is 12.3. The van der Waals surface area contributed by atoms with Gasteiger partial charge in [-0.1, -0.05) is 23.7 Å². The minimum absolute atomic E-state index is 0.135. The van der Waals surface area contributed by atoms with E-state index in [-0.39, 0.29) is 6.61 Å². The molecule has 0 unspecified atom stereocenters. The highest BCUT2D eigenvalue weighted by Gasteiger charge is 2.15. The maximum Gasteiger partial charge on any atom is 0.413 e. The Morgan fingerprint density at radius 3 is 2.77 bits per heavy atom. The van der Waals surface area contributed by atoms with Gasteiger partial charge in [0, 0.05) is 41.8 Å². The van der Waals surface area contributed by atoms with Gasteiger partial charge in [-0.05, 0) is 36.8 Å². The molecule has 1 amide bonds. The molecular weight excluding hydrogens is 418 g/mol. The quantitative estimate of drug-likeness (QED) is 0.463. The van der Waals surface area contributed by atoms with Crippen LogP contribution in [0.3, 0.4) is 0 Å². The summed E-state index contributed by atoms with van der Waals surface area (Å²) < 4.78 is 14.2. The standard InChI is InChI=1S/C22H22ClN5O3/c1-4-28-12-15-6-5-14(9-18(15)26-28)13-31-22(29)24-21-11-19(25-27(21)2)17-8-7-16(23)10-20(17)30-3/h5-12H,4,13H2,1-3H3,(H,24,29). The van der Waals surface area contributed by atoms with Crippen molar-refractivity contribution in [3.05, 3.63) is 59.2 Å². The molecule has 0 aliphatic carbocycles. The summed E-state index contributed by atoms with van der Waals surface area (Å²) in [4.78, 5) is 12.3. The van der Waals surface area contributed by atoms with Gasteiger partial charge in [-0.3, -0.25) is 14.7 Å². The smallest absolute Gasteiger partial charge is 0.413 e. The second kappa shape index (κ2) is 8.69. The molecule has 2 aromatic heterocycles. The number of carbonyl (C=O) groups excluding carboxylic acids is 1. The SMILES string of the molecule is CCn1cc2ccc(COC(=O)Nc3cc(-c4ccc(Cl)cc4OC)nn3C)cc2n1. The van der Waals surface area contributed by atoms with Crippen molar-refractivity contribution in [1.29, 1.82) is 0 Å². The topological polar surface area (TPSA) is 83.2 Å². The summed E-state index contributed by atoms with van der Waals surface area (Å²) >= 11 is 6.03. The Morgan fingerprint density at radius 2 is 2.00 bits per heavy atom. The van der Waals surface area contributed by atoms with Gasteiger partial charge in [-0.25, -0.2) is 4.79 Å². The summed E-state index contributed by atoms with van der Waals surface area (Å²) in [6.45, 7) is 2.97. The van der Waals surface area contributed by atoms with Gasteiger partial charge in [0.15, 0.2) is 0 Å². The van der Waals surface area contributed by atoms with E-state index in [1.165, 1.54) is 0 Å². The minimum atomic E-state index is -0.572. The van der Waals surface area contributed by atoms with Crippen molar-refractivity contribution >= 4 is 34.4 Å². The summed E-state index contributed by atoms with van der Waals surface area (Å²) in [5.74, 6) is 1.09. The fraction of sp³-hybridized carbons (Fsp3) is 0.227. The van der Waals surface area contributed by atoms with E-state index in [4.69, 9.17) is 21.1 Å². The van der Waals surface area contributed by atoms with Crippen LogP contribution in [0.5, 0.6) is 5.75 Å². The van der Waals surface area contributed by atoms with Crippen LogP contribution >= 0.6 is 11.6 Å². The van der Waals surface area contributed by atoms with Crippen LogP contribution in [0.2, 0.25) is 5.02 Å². The van der Waals surface area contributed by atoms with Crippen LogP contribution in [-0.4, -0.2) is 32.8 Å². The molecule has 0 fully saturated rings. The number of carbonyl (C=O) groups is 1. The molecule has 0 radical (unpaired) electrons. The van der Waals surface area contributed by atoms with E-state index in [1.807, 2.05) is 42.1 Å². The largest absolute Gasteiger partial charge is 0.496 e. The molecule has 160 valence electrons. The van der Waals surface area contributed by atoms with Crippen molar-refractivity contribution in [2.75, 3.05) is 12.4 Å². The Morgan fingerprint density at radius 1 is 1.16 bits per heavy atom. The second-order valence-corrected chi connectivity index (χ2v) is 7.40. The number of anilines is 1. The highest BCUT2D eigenvalue weighted by molar-refractivity contribution is 6.30. The van der Waals surface area contributed by atoms with E-state index in [9.17, 15) is 4.79 Å². The number of ether oxygens (including phenoxy) is 2. The first-order valence-electron chi connectivity index (χ1n) is 9.74. The number of hydrogen-bond acceptors (Lipinski definition) is 5. The van der Waals surface area contributed by atoms with Crippen LogP contribution in [0.4, 0.5) is 10.6 Å². The summed E-state index contributed by atoms with van der Waals surface area (Å²) in [5, 5.41) is 13.3. The van der Waals surface area contributed by atoms with Crippen LogP contribution in [0, 0.1) is 0 Å². The first-order valence-corrected chi connectivity index (χ1v) is 10.1. The number of methoxy groups -OCH3 is 1. The Hall–Kier alpha value is -3.52. The molecule has 0 bridgehead atoms. The molecule has 0 atom stereocenters. The number of nitrogens with zero attached hydrogens (tertiary/aromatic N) is 4. The molecule has 0 saturated heterocycles. The average molecular weight is 440 g/mol. The van der Waals surface area contributed by atoms with E-state index >= 15 is 0 Å². The maximum atomic E-state index is 12.3. The highest BCUT2D eigenvalue weighted by atomic mass is 35.5. The number of amides is 1. The summed E-state index contributed by atoms with van der Waals surface area (Å²) in [6.07, 6.45) is 1.42. The van der Waals surface area contributed by atoms with Crippen molar-refractivity contribution in [2.45, 2.75) is 20.1 Å². The zero-order valence-electron chi connectivity index (χ0n) is 17.4. The Balaban J connectivity index is 1.43. The van der Waals surface area contributed by atoms with Crippen molar-refractivity contribution in [1.82, 2.24) is 19.6 Å². The van der Waals surface area contributed by atoms with E-state index in [2.05, 4.69) is 15.5 Å². The van der Waals surface area contributed by atoms with Crippen molar-refractivity contribution in [3.63, 3.8) is 0 Å². The van der Waals surface area contributed by atoms with E-state index in [1.54, 1.807) is 37.0 Å². The molecule has 0 spiro atoms. The molecule has 9 heteroatoms. The molecule has 8 nitrogen and oxygen atoms in total. The van der Waals surface area contributed by atoms with Crippen LogP contribution < -0.4 is 10.1 Å². The third-order valence-corrected chi connectivity index (χ3v) is 5.10. The average Bonchev–Trinajstić information content (AvgIpc) is 3.34. The number of hydrogen-bond donors (Lipinski definition) is 1. The second-order valence-electron chi connectivity index (χ2n) is 6.96. The fourth-order valence-electron chi connectivity index (χ4n) is 3.25. The normalized spacial score (nSPS) is 11.0. The first kappa shape index (κ1) is 20.7. The van der Waals surface area contributed by atoms with E-state index in [0.717, 1.165) is 28.6 Å². The Bertz CT molecular complexity index is 1250. The molecule has 4 rings (SSSR count). The van der Waals surface area contributed by atoms with Gasteiger partial charge in [-0.15, -0.1) is 0 Å². The number of halogens is 1. The van der Waals surface area contributed by atoms with Crippen molar-refractivity contribution < 1.29 is 14.3 Å². The van der Waals surface area contributed by atoms with Crippen LogP contribution in [0.15, 0.2) is 48.7 Å². The van der Waals surface area contributed by atoms with Gasteiger partial charge in [0.2, 0.25) is 0 Å². The molecule has 0 aliphatic heterocycles. The lowest BCUT2D eigenvalue weighted by Gasteiger charge is -2.07. The molecule has 4 aromatic rings. The highest BCUT2D eigenvalue weighted by Crippen LogP contribution is 2.32. The summed E-state index contributed by atoms with van der Waals surface area (Å²) in [7, 11) is 3.30. The van der Waals surface area contributed by atoms with Crippen LogP contribution in [0.25, 0.3) is 22.2 Å². The molecule has 2 aromatic carbocycles. The molecular formula is C22H22ClN5O3.